The molecule has 4 N–H and O–H groups in total. The number of aliphatic hydroxyl groups excluding tert-OH is 1. The van der Waals surface area contributed by atoms with E-state index < -0.39 is 0 Å². The third kappa shape index (κ3) is 3.65. The largest absolute Gasteiger partial charge is 0.398 e. The summed E-state index contributed by atoms with van der Waals surface area (Å²) >= 11 is 0. The molecule has 0 aliphatic heterocycles. The number of unbranched alkanes of at least 4 members (excludes halogenated alkanes) is 2. The molecule has 0 saturated carbocycles. The lowest BCUT2D eigenvalue weighted by Gasteiger charge is -2.10. The van der Waals surface area contributed by atoms with Crippen molar-refractivity contribution >= 4 is 22.7 Å². The highest BCUT2D eigenvalue weighted by Gasteiger charge is 2.07. The Hall–Kier alpha value is -2.24. The molecule has 0 unspecified atom stereocenters. The molecule has 18 heavy (non-hydrogen) atoms. The van der Waals surface area contributed by atoms with Gasteiger partial charge in [-0.2, -0.15) is 0 Å². The molecular weight excluding hydrogens is 228 g/mol. The minimum Gasteiger partial charge on any atom is -0.398 e. The summed E-state index contributed by atoms with van der Waals surface area (Å²) in [5.74, 6) is 0. The highest BCUT2D eigenvalue weighted by atomic mass is 16.2. The Kier molecular flexibility index (Phi) is 5.50. The summed E-state index contributed by atoms with van der Waals surface area (Å²) in [6, 6.07) is 3.14. The number of nitrogen functional groups attached to an aromatic ring is 1. The predicted molar refractivity (Wildman–Crippen MR) is 72.8 cm³/mol. The van der Waals surface area contributed by atoms with Gasteiger partial charge in [0.05, 0.1) is 13.1 Å². The third-order valence-corrected chi connectivity index (χ3v) is 2.54. The fraction of sp³-hybridized carbons (Fsp3) is 0.385. The Morgan fingerprint density at radius 2 is 1.78 bits per heavy atom. The molecule has 0 aromatic heterocycles. The average Bonchev–Trinajstić information content (AvgIpc) is 2.39. The van der Waals surface area contributed by atoms with Crippen molar-refractivity contribution in [3.05, 3.63) is 35.0 Å². The van der Waals surface area contributed by atoms with Crippen molar-refractivity contribution in [1.29, 1.82) is 0 Å². The summed E-state index contributed by atoms with van der Waals surface area (Å²) in [5, 5.41) is 11.8. The molecule has 0 spiro atoms. The highest BCUT2D eigenvalue weighted by Crippen LogP contribution is 2.35. The first-order valence-electron chi connectivity index (χ1n) is 5.76. The zero-order chi connectivity index (χ0) is 13.4. The van der Waals surface area contributed by atoms with Gasteiger partial charge in [0.2, 0.25) is 0 Å². The van der Waals surface area contributed by atoms with Gasteiger partial charge in [0.15, 0.2) is 11.4 Å². The maximum atomic E-state index is 8.65. The van der Waals surface area contributed by atoms with E-state index >= 15 is 0 Å². The molecule has 0 heterocycles. The molecule has 0 aliphatic carbocycles. The van der Waals surface area contributed by atoms with Crippen LogP contribution in [0.25, 0.3) is 9.69 Å². The number of rotatable bonds is 6. The molecule has 1 rings (SSSR count). The van der Waals surface area contributed by atoms with Gasteiger partial charge in [-0.15, -0.1) is 0 Å². The standard InChI is InChI=1S/C13H16N4O/c1-15-12-8-10(14)11(9-13(12)16-2)17-6-4-3-5-7-18/h8-9,17-18H,3-7,14H2. The van der Waals surface area contributed by atoms with Crippen molar-refractivity contribution in [2.45, 2.75) is 19.3 Å². The summed E-state index contributed by atoms with van der Waals surface area (Å²) in [4.78, 5) is 6.57. The predicted octanol–water partition coefficient (Wildman–Crippen LogP) is 2.94. The Morgan fingerprint density at radius 1 is 1.11 bits per heavy atom. The van der Waals surface area contributed by atoms with Crippen LogP contribution < -0.4 is 11.1 Å². The van der Waals surface area contributed by atoms with E-state index in [1.165, 1.54) is 6.07 Å². The summed E-state index contributed by atoms with van der Waals surface area (Å²) < 4.78 is 0. The van der Waals surface area contributed by atoms with Crippen LogP contribution in [0.1, 0.15) is 19.3 Å². The highest BCUT2D eigenvalue weighted by molar-refractivity contribution is 5.83. The summed E-state index contributed by atoms with van der Waals surface area (Å²) in [6.07, 6.45) is 2.66. The average molecular weight is 244 g/mol. The van der Waals surface area contributed by atoms with Crippen LogP contribution in [-0.2, 0) is 0 Å². The lowest BCUT2D eigenvalue weighted by Crippen LogP contribution is -2.04. The van der Waals surface area contributed by atoms with Crippen LogP contribution in [0.3, 0.4) is 0 Å². The van der Waals surface area contributed by atoms with Crippen LogP contribution in [0.15, 0.2) is 12.1 Å². The van der Waals surface area contributed by atoms with Crippen LogP contribution in [0.4, 0.5) is 22.7 Å². The van der Waals surface area contributed by atoms with E-state index in [2.05, 4.69) is 15.0 Å². The van der Waals surface area contributed by atoms with Crippen molar-refractivity contribution in [2.75, 3.05) is 24.2 Å². The molecule has 0 bridgehead atoms. The maximum absolute atomic E-state index is 8.65. The number of benzene rings is 1. The molecule has 5 nitrogen and oxygen atoms in total. The fourth-order valence-corrected chi connectivity index (χ4v) is 1.56. The van der Waals surface area contributed by atoms with Crippen molar-refractivity contribution < 1.29 is 5.11 Å². The van der Waals surface area contributed by atoms with E-state index in [1.807, 2.05) is 0 Å². The van der Waals surface area contributed by atoms with Gasteiger partial charge in [0, 0.05) is 24.5 Å². The van der Waals surface area contributed by atoms with Crippen LogP contribution in [-0.4, -0.2) is 18.3 Å². The quantitative estimate of drug-likeness (QED) is 0.409. The Labute approximate surface area is 107 Å². The smallest absolute Gasteiger partial charge is 0.196 e. The molecule has 0 amide bonds. The lowest BCUT2D eigenvalue weighted by atomic mass is 10.2. The zero-order valence-corrected chi connectivity index (χ0v) is 10.1. The number of hydrogen-bond acceptors (Lipinski definition) is 3. The summed E-state index contributed by atoms with van der Waals surface area (Å²) in [5.41, 5.74) is 7.59. The zero-order valence-electron chi connectivity index (χ0n) is 10.1. The molecule has 0 aliphatic rings. The minimum absolute atomic E-state index is 0.212. The second-order valence-electron chi connectivity index (χ2n) is 3.86. The van der Waals surface area contributed by atoms with E-state index in [1.54, 1.807) is 6.07 Å². The number of nitrogens with zero attached hydrogens (tertiary/aromatic N) is 2. The number of anilines is 2. The Bertz CT molecular complexity index is 485. The number of nitrogens with one attached hydrogen (secondary N) is 1. The molecule has 0 radical (unpaired) electrons. The first kappa shape index (κ1) is 13.8. The molecule has 0 fully saturated rings. The van der Waals surface area contributed by atoms with Gasteiger partial charge in [-0.25, -0.2) is 0 Å². The van der Waals surface area contributed by atoms with Crippen LogP contribution >= 0.6 is 0 Å². The fourth-order valence-electron chi connectivity index (χ4n) is 1.56. The third-order valence-electron chi connectivity index (χ3n) is 2.54. The van der Waals surface area contributed by atoms with Crippen molar-refractivity contribution in [1.82, 2.24) is 0 Å². The van der Waals surface area contributed by atoms with Crippen LogP contribution in [0.5, 0.6) is 0 Å². The van der Waals surface area contributed by atoms with E-state index in [0.29, 0.717) is 17.1 Å². The number of nitrogens with two attached hydrogens (primary N) is 1. The van der Waals surface area contributed by atoms with E-state index in [9.17, 15) is 0 Å². The molecular formula is C13H16N4O. The Morgan fingerprint density at radius 3 is 2.39 bits per heavy atom. The normalized spacial score (nSPS) is 9.50. The van der Waals surface area contributed by atoms with Crippen molar-refractivity contribution in [3.63, 3.8) is 0 Å². The van der Waals surface area contributed by atoms with Gasteiger partial charge in [-0.1, -0.05) is 0 Å². The SMILES string of the molecule is [C-]#[N+]c1cc(N)c(NCCCCCO)cc1[N+]#[C-]. The summed E-state index contributed by atoms with van der Waals surface area (Å²) in [7, 11) is 0. The molecule has 0 saturated heterocycles. The monoisotopic (exact) mass is 244 g/mol. The van der Waals surface area contributed by atoms with Crippen molar-refractivity contribution in [3.8, 4) is 0 Å². The van der Waals surface area contributed by atoms with E-state index in [0.717, 1.165) is 25.8 Å². The first-order valence-corrected chi connectivity index (χ1v) is 5.76. The molecule has 5 heteroatoms. The molecule has 1 aromatic rings. The van der Waals surface area contributed by atoms with Gasteiger partial charge < -0.3 is 16.2 Å². The van der Waals surface area contributed by atoms with Gasteiger partial charge in [0.25, 0.3) is 0 Å². The van der Waals surface area contributed by atoms with Crippen molar-refractivity contribution in [2.24, 2.45) is 0 Å². The van der Waals surface area contributed by atoms with E-state index in [4.69, 9.17) is 24.0 Å². The lowest BCUT2D eigenvalue weighted by molar-refractivity contribution is 0.283. The topological polar surface area (TPSA) is 67.0 Å². The minimum atomic E-state index is 0.212. The van der Waals surface area contributed by atoms with Crippen LogP contribution in [0.2, 0.25) is 0 Å². The van der Waals surface area contributed by atoms with Gasteiger partial charge in [0.1, 0.15) is 0 Å². The molecule has 1 aromatic carbocycles. The number of hydrogen-bond donors (Lipinski definition) is 3. The van der Waals surface area contributed by atoms with Gasteiger partial charge in [-0.05, 0) is 31.4 Å². The summed E-state index contributed by atoms with van der Waals surface area (Å²) in [6.45, 7) is 14.9. The first-order chi connectivity index (χ1) is 8.72. The maximum Gasteiger partial charge on any atom is 0.196 e. The van der Waals surface area contributed by atoms with E-state index in [-0.39, 0.29) is 12.3 Å². The Balaban J connectivity index is 2.67. The second kappa shape index (κ2) is 7.16. The molecule has 94 valence electrons. The molecule has 0 atom stereocenters. The second-order valence-corrected chi connectivity index (χ2v) is 3.86. The van der Waals surface area contributed by atoms with Gasteiger partial charge in [-0.3, -0.25) is 9.69 Å². The van der Waals surface area contributed by atoms with Gasteiger partial charge >= 0.3 is 0 Å². The number of aliphatic hydroxyl groups is 1. The van der Waals surface area contributed by atoms with Crippen LogP contribution in [0, 0.1) is 13.1 Å².